The lowest BCUT2D eigenvalue weighted by Gasteiger charge is -2.00. The van der Waals surface area contributed by atoms with Crippen LogP contribution >= 0.6 is 0 Å². The van der Waals surface area contributed by atoms with E-state index in [1.807, 2.05) is 18.2 Å². The lowest BCUT2D eigenvalue weighted by molar-refractivity contribution is -0.528. The van der Waals surface area contributed by atoms with Gasteiger partial charge in [-0.2, -0.15) is 5.10 Å². The first kappa shape index (κ1) is 10.4. The minimum absolute atomic E-state index is 0.199. The Hall–Kier alpha value is -1.71. The van der Waals surface area contributed by atoms with Gasteiger partial charge in [0.15, 0.2) is 0 Å². The number of hydrazone groups is 1. The summed E-state index contributed by atoms with van der Waals surface area (Å²) in [6.07, 6.45) is 2.10. The van der Waals surface area contributed by atoms with Crippen LogP contribution in [0.4, 0.5) is 0 Å². The molecule has 1 rings (SSSR count). The fraction of sp³-hybridized carbons (Fsp3) is 0.300. The van der Waals surface area contributed by atoms with E-state index in [0.29, 0.717) is 0 Å². The SMILES string of the molecule is NC(N)=[NH+]NCCCc1ccccc1. The van der Waals surface area contributed by atoms with Gasteiger partial charge in [-0.25, -0.2) is 0 Å². The van der Waals surface area contributed by atoms with Crippen LogP contribution in [0.2, 0.25) is 0 Å². The molecule has 0 aliphatic carbocycles. The molecule has 0 unspecified atom stereocenters. The molecular formula is C10H17N4+. The topological polar surface area (TPSA) is 78.0 Å². The number of hydrogen-bond donors (Lipinski definition) is 4. The highest BCUT2D eigenvalue weighted by molar-refractivity contribution is 5.69. The van der Waals surface area contributed by atoms with Gasteiger partial charge in [0.25, 0.3) is 0 Å². The number of rotatable bonds is 5. The summed E-state index contributed by atoms with van der Waals surface area (Å²) in [5, 5.41) is 2.65. The van der Waals surface area contributed by atoms with E-state index in [4.69, 9.17) is 11.5 Å². The van der Waals surface area contributed by atoms with Crippen LogP contribution in [0.1, 0.15) is 12.0 Å². The third-order valence-corrected chi connectivity index (χ3v) is 1.84. The van der Waals surface area contributed by atoms with Crippen LogP contribution in [0, 0.1) is 0 Å². The molecule has 0 bridgehead atoms. The summed E-state index contributed by atoms with van der Waals surface area (Å²) in [6.45, 7) is 0.840. The molecule has 6 N–H and O–H groups in total. The summed E-state index contributed by atoms with van der Waals surface area (Å²) < 4.78 is 0. The predicted molar refractivity (Wildman–Crippen MR) is 57.1 cm³/mol. The fourth-order valence-corrected chi connectivity index (χ4v) is 1.19. The fourth-order valence-electron chi connectivity index (χ4n) is 1.19. The maximum atomic E-state index is 5.21. The third-order valence-electron chi connectivity index (χ3n) is 1.84. The zero-order valence-corrected chi connectivity index (χ0v) is 8.16. The molecule has 0 aromatic heterocycles. The summed E-state index contributed by atoms with van der Waals surface area (Å²) in [6, 6.07) is 10.4. The molecule has 0 heterocycles. The van der Waals surface area contributed by atoms with Gasteiger partial charge in [-0.1, -0.05) is 30.3 Å². The Morgan fingerprint density at radius 2 is 1.93 bits per heavy atom. The second-order valence-corrected chi connectivity index (χ2v) is 3.10. The summed E-state index contributed by atoms with van der Waals surface area (Å²) in [4.78, 5) is 0. The Morgan fingerprint density at radius 3 is 2.57 bits per heavy atom. The Labute approximate surface area is 84.0 Å². The highest BCUT2D eigenvalue weighted by Crippen LogP contribution is 2.00. The van der Waals surface area contributed by atoms with E-state index >= 15 is 0 Å². The number of guanidine groups is 1. The quantitative estimate of drug-likeness (QED) is 0.198. The summed E-state index contributed by atoms with van der Waals surface area (Å²) >= 11 is 0. The molecule has 0 spiro atoms. The van der Waals surface area contributed by atoms with Gasteiger partial charge in [0.2, 0.25) is 0 Å². The molecular weight excluding hydrogens is 176 g/mol. The van der Waals surface area contributed by atoms with E-state index in [-0.39, 0.29) is 5.96 Å². The first-order valence-corrected chi connectivity index (χ1v) is 4.70. The first-order chi connectivity index (χ1) is 6.79. The Morgan fingerprint density at radius 1 is 1.21 bits per heavy atom. The molecule has 14 heavy (non-hydrogen) atoms. The van der Waals surface area contributed by atoms with E-state index in [2.05, 4.69) is 22.7 Å². The lowest BCUT2D eigenvalue weighted by Crippen LogP contribution is -2.86. The minimum atomic E-state index is 0.199. The van der Waals surface area contributed by atoms with Gasteiger partial charge >= 0.3 is 5.96 Å². The number of nitrogens with one attached hydrogen (secondary N) is 2. The number of aryl methyl sites for hydroxylation is 1. The van der Waals surface area contributed by atoms with Crippen LogP contribution < -0.4 is 22.0 Å². The van der Waals surface area contributed by atoms with Crippen molar-refractivity contribution in [2.24, 2.45) is 11.5 Å². The van der Waals surface area contributed by atoms with Crippen molar-refractivity contribution in [2.45, 2.75) is 12.8 Å². The number of hydrazine groups is 1. The molecule has 76 valence electrons. The molecule has 0 radical (unpaired) electrons. The van der Waals surface area contributed by atoms with Crippen LogP contribution in [0.3, 0.4) is 0 Å². The van der Waals surface area contributed by atoms with Gasteiger partial charge in [-0.05, 0) is 18.4 Å². The molecule has 0 atom stereocenters. The van der Waals surface area contributed by atoms with Crippen molar-refractivity contribution in [3.05, 3.63) is 35.9 Å². The van der Waals surface area contributed by atoms with E-state index in [0.717, 1.165) is 19.4 Å². The largest absolute Gasteiger partial charge is 0.360 e. The highest BCUT2D eigenvalue weighted by atomic mass is 15.3. The minimum Gasteiger partial charge on any atom is -0.289 e. The molecule has 0 aliphatic rings. The van der Waals surface area contributed by atoms with Crippen LogP contribution in [-0.4, -0.2) is 12.5 Å². The van der Waals surface area contributed by atoms with E-state index < -0.39 is 0 Å². The van der Waals surface area contributed by atoms with Crippen molar-refractivity contribution in [1.82, 2.24) is 5.43 Å². The number of benzene rings is 1. The first-order valence-electron chi connectivity index (χ1n) is 4.70. The van der Waals surface area contributed by atoms with Crippen LogP contribution in [0.15, 0.2) is 30.3 Å². The molecule has 0 saturated heterocycles. The maximum Gasteiger partial charge on any atom is 0.360 e. The van der Waals surface area contributed by atoms with Gasteiger partial charge in [-0.3, -0.25) is 16.9 Å². The predicted octanol–water partition coefficient (Wildman–Crippen LogP) is -1.52. The van der Waals surface area contributed by atoms with E-state index in [1.54, 1.807) is 0 Å². The zero-order chi connectivity index (χ0) is 10.2. The molecule has 0 amide bonds. The van der Waals surface area contributed by atoms with Crippen LogP contribution in [0.5, 0.6) is 0 Å². The number of nitrogens with two attached hydrogens (primary N) is 2. The Balaban J connectivity index is 2.14. The molecule has 0 fully saturated rings. The average molecular weight is 193 g/mol. The van der Waals surface area contributed by atoms with Gasteiger partial charge in [0.1, 0.15) is 0 Å². The van der Waals surface area contributed by atoms with Gasteiger partial charge < -0.3 is 0 Å². The van der Waals surface area contributed by atoms with E-state index in [1.165, 1.54) is 5.56 Å². The van der Waals surface area contributed by atoms with Gasteiger partial charge in [0.05, 0.1) is 0 Å². The maximum absolute atomic E-state index is 5.21. The molecule has 1 aromatic carbocycles. The van der Waals surface area contributed by atoms with E-state index in [9.17, 15) is 0 Å². The summed E-state index contributed by atoms with van der Waals surface area (Å²) in [5.74, 6) is 0.199. The zero-order valence-electron chi connectivity index (χ0n) is 8.16. The molecule has 0 aliphatic heterocycles. The van der Waals surface area contributed by atoms with Crippen molar-refractivity contribution >= 4 is 5.96 Å². The monoisotopic (exact) mass is 193 g/mol. The van der Waals surface area contributed by atoms with Crippen molar-refractivity contribution in [3.63, 3.8) is 0 Å². The second-order valence-electron chi connectivity index (χ2n) is 3.10. The van der Waals surface area contributed by atoms with Crippen molar-refractivity contribution in [3.8, 4) is 0 Å². The second kappa shape index (κ2) is 5.85. The summed E-state index contributed by atoms with van der Waals surface area (Å²) in [5.41, 5.74) is 14.7. The molecule has 0 saturated carbocycles. The smallest absolute Gasteiger partial charge is 0.289 e. The third kappa shape index (κ3) is 4.35. The van der Waals surface area contributed by atoms with Crippen LogP contribution in [-0.2, 0) is 6.42 Å². The van der Waals surface area contributed by atoms with Gasteiger partial charge in [-0.15, -0.1) is 0 Å². The van der Waals surface area contributed by atoms with Crippen LogP contribution in [0.25, 0.3) is 0 Å². The number of hydrogen-bond acceptors (Lipinski definition) is 1. The summed E-state index contributed by atoms with van der Waals surface area (Å²) in [7, 11) is 0. The average Bonchev–Trinajstić information content (AvgIpc) is 2.18. The molecule has 4 heteroatoms. The molecule has 4 nitrogen and oxygen atoms in total. The highest BCUT2D eigenvalue weighted by Gasteiger charge is 1.91. The van der Waals surface area contributed by atoms with Crippen molar-refractivity contribution < 1.29 is 5.10 Å². The van der Waals surface area contributed by atoms with Crippen molar-refractivity contribution in [1.29, 1.82) is 0 Å². The lowest BCUT2D eigenvalue weighted by atomic mass is 10.1. The normalized spacial score (nSPS) is 9.43. The Kier molecular flexibility index (Phi) is 4.34. The van der Waals surface area contributed by atoms with Gasteiger partial charge in [0, 0.05) is 6.54 Å². The Bertz CT molecular complexity index is 277. The standard InChI is InChI=1S/C10H16N4/c11-10(12)14-13-8-4-7-9-5-2-1-3-6-9/h1-3,5-6,13H,4,7-8H2,(H4,11,12,14)/p+1. The molecule has 1 aromatic rings. The van der Waals surface area contributed by atoms with Crippen molar-refractivity contribution in [2.75, 3.05) is 6.54 Å².